The molecule has 4 nitrogen and oxygen atoms in total. The molecular formula is C16H21NO3. The summed E-state index contributed by atoms with van der Waals surface area (Å²) in [4.78, 5) is 1.83. The van der Waals surface area contributed by atoms with Crippen molar-refractivity contribution in [1.82, 2.24) is 0 Å². The summed E-state index contributed by atoms with van der Waals surface area (Å²) in [6.07, 6.45) is 3.49. The Kier molecular flexibility index (Phi) is 4.56. The number of benzene rings is 1. The molecule has 4 heteroatoms. The van der Waals surface area contributed by atoms with Gasteiger partial charge in [0.15, 0.2) is 5.75 Å². The third kappa shape index (κ3) is 3.07. The van der Waals surface area contributed by atoms with E-state index in [0.29, 0.717) is 18.1 Å². The molecule has 0 aliphatic heterocycles. The molecular weight excluding hydrogens is 254 g/mol. The lowest BCUT2D eigenvalue weighted by Gasteiger charge is -2.12. The zero-order chi connectivity index (χ0) is 14.5. The van der Waals surface area contributed by atoms with Crippen molar-refractivity contribution in [3.63, 3.8) is 0 Å². The lowest BCUT2D eigenvalue weighted by molar-refractivity contribution is 0.309. The summed E-state index contributed by atoms with van der Waals surface area (Å²) in [6.45, 7) is 2.84. The molecule has 0 aliphatic carbocycles. The molecule has 0 unspecified atom stereocenters. The van der Waals surface area contributed by atoms with Crippen molar-refractivity contribution in [2.45, 2.75) is 19.8 Å². The zero-order valence-corrected chi connectivity index (χ0v) is 12.2. The van der Waals surface area contributed by atoms with Crippen LogP contribution in [0.25, 0.3) is 11.1 Å². The number of aromatic hydroxyl groups is 1. The number of nitrogens with zero attached hydrogens (tertiary/aromatic N) is 1. The van der Waals surface area contributed by atoms with Gasteiger partial charge in [-0.05, 0) is 24.1 Å². The highest BCUT2D eigenvalue weighted by Gasteiger charge is 2.17. The van der Waals surface area contributed by atoms with Crippen molar-refractivity contribution < 1.29 is 14.3 Å². The van der Waals surface area contributed by atoms with Crippen molar-refractivity contribution in [2.24, 2.45) is 0 Å². The topological polar surface area (TPSA) is 45.8 Å². The van der Waals surface area contributed by atoms with E-state index in [1.165, 1.54) is 6.26 Å². The first-order chi connectivity index (χ1) is 9.63. The van der Waals surface area contributed by atoms with E-state index in [1.807, 2.05) is 43.3 Å². The van der Waals surface area contributed by atoms with Crippen LogP contribution in [-0.2, 0) is 0 Å². The van der Waals surface area contributed by atoms with Crippen molar-refractivity contribution in [3.8, 4) is 22.6 Å². The average molecular weight is 275 g/mol. The number of rotatable bonds is 6. The Hall–Kier alpha value is -2.10. The molecule has 1 heterocycles. The predicted octanol–water partition coefficient (Wildman–Crippen LogP) is 3.90. The minimum absolute atomic E-state index is 0.138. The van der Waals surface area contributed by atoms with Gasteiger partial charge < -0.3 is 19.2 Å². The molecule has 0 saturated heterocycles. The number of furan rings is 1. The Bertz CT molecular complexity index is 561. The van der Waals surface area contributed by atoms with Crippen LogP contribution in [0.3, 0.4) is 0 Å². The predicted molar refractivity (Wildman–Crippen MR) is 80.5 cm³/mol. The number of anilines is 1. The Balaban J connectivity index is 2.29. The van der Waals surface area contributed by atoms with Gasteiger partial charge in [-0.15, -0.1) is 0 Å². The third-order valence-corrected chi connectivity index (χ3v) is 3.05. The molecule has 2 rings (SSSR count). The summed E-state index contributed by atoms with van der Waals surface area (Å²) < 4.78 is 11.1. The number of hydrogen-bond acceptors (Lipinski definition) is 4. The monoisotopic (exact) mass is 275 g/mol. The highest BCUT2D eigenvalue weighted by Crippen LogP contribution is 2.40. The second-order valence-electron chi connectivity index (χ2n) is 4.93. The van der Waals surface area contributed by atoms with E-state index < -0.39 is 0 Å². The van der Waals surface area contributed by atoms with Crippen molar-refractivity contribution in [2.75, 3.05) is 25.6 Å². The third-order valence-electron chi connectivity index (χ3n) is 3.05. The molecule has 0 fully saturated rings. The Labute approximate surface area is 119 Å². The fourth-order valence-corrected chi connectivity index (χ4v) is 2.02. The fraction of sp³-hybridized carbons (Fsp3) is 0.375. The maximum atomic E-state index is 9.98. The van der Waals surface area contributed by atoms with Gasteiger partial charge in [0, 0.05) is 14.1 Å². The molecule has 1 N–H and O–H groups in total. The first-order valence-electron chi connectivity index (χ1n) is 6.84. The molecule has 0 aliphatic rings. The lowest BCUT2D eigenvalue weighted by Crippen LogP contribution is -2.08. The summed E-state index contributed by atoms with van der Waals surface area (Å²) >= 11 is 0. The molecule has 0 spiro atoms. The molecule has 0 saturated carbocycles. The van der Waals surface area contributed by atoms with E-state index in [9.17, 15) is 5.11 Å². The molecule has 0 bridgehead atoms. The second kappa shape index (κ2) is 6.37. The summed E-state index contributed by atoms with van der Waals surface area (Å²) in [7, 11) is 3.76. The second-order valence-corrected chi connectivity index (χ2v) is 4.93. The Morgan fingerprint density at radius 2 is 2.10 bits per heavy atom. The van der Waals surface area contributed by atoms with E-state index in [1.54, 1.807) is 0 Å². The quantitative estimate of drug-likeness (QED) is 0.812. The van der Waals surface area contributed by atoms with E-state index in [-0.39, 0.29) is 5.75 Å². The van der Waals surface area contributed by atoms with Crippen LogP contribution in [0.1, 0.15) is 19.8 Å². The minimum Gasteiger partial charge on any atom is -0.504 e. The molecule has 0 radical (unpaired) electrons. The summed E-state index contributed by atoms with van der Waals surface area (Å²) in [5.74, 6) is 1.58. The van der Waals surface area contributed by atoms with E-state index >= 15 is 0 Å². The lowest BCUT2D eigenvalue weighted by atomic mass is 10.1. The normalized spacial score (nSPS) is 10.6. The molecule has 1 aromatic carbocycles. The largest absolute Gasteiger partial charge is 0.504 e. The SMILES string of the molecule is CCCCOc1cccc(-c2c(O)coc2N(C)C)c1. The van der Waals surface area contributed by atoms with Crippen LogP contribution < -0.4 is 9.64 Å². The number of unbranched alkanes of at least 4 members (excludes halogenated alkanes) is 1. The Morgan fingerprint density at radius 3 is 2.80 bits per heavy atom. The van der Waals surface area contributed by atoms with Crippen molar-refractivity contribution >= 4 is 5.88 Å². The first-order valence-corrected chi connectivity index (χ1v) is 6.84. The van der Waals surface area contributed by atoms with Gasteiger partial charge in [0.1, 0.15) is 12.0 Å². The standard InChI is InChI=1S/C16H21NO3/c1-4-5-9-19-13-8-6-7-12(10-13)15-14(18)11-20-16(15)17(2)3/h6-8,10-11,18H,4-5,9H2,1-3H3. The summed E-state index contributed by atoms with van der Waals surface area (Å²) in [5.41, 5.74) is 1.57. The van der Waals surface area contributed by atoms with Gasteiger partial charge in [0.05, 0.1) is 12.2 Å². The van der Waals surface area contributed by atoms with E-state index in [4.69, 9.17) is 9.15 Å². The van der Waals surface area contributed by atoms with Crippen LogP contribution in [0.4, 0.5) is 5.88 Å². The molecule has 2 aromatic rings. The average Bonchev–Trinajstić information content (AvgIpc) is 2.81. The molecule has 108 valence electrons. The summed E-state index contributed by atoms with van der Waals surface area (Å²) in [6, 6.07) is 7.70. The fourth-order valence-electron chi connectivity index (χ4n) is 2.02. The first kappa shape index (κ1) is 14.3. The van der Waals surface area contributed by atoms with Gasteiger partial charge in [-0.3, -0.25) is 0 Å². The van der Waals surface area contributed by atoms with Crippen molar-refractivity contribution in [3.05, 3.63) is 30.5 Å². The number of ether oxygens (including phenoxy) is 1. The van der Waals surface area contributed by atoms with Gasteiger partial charge in [0.2, 0.25) is 5.88 Å². The smallest absolute Gasteiger partial charge is 0.206 e. The van der Waals surface area contributed by atoms with Gasteiger partial charge in [-0.25, -0.2) is 0 Å². The highest BCUT2D eigenvalue weighted by atomic mass is 16.5. The van der Waals surface area contributed by atoms with Crippen LogP contribution in [0.2, 0.25) is 0 Å². The van der Waals surface area contributed by atoms with E-state index in [0.717, 1.165) is 24.2 Å². The maximum absolute atomic E-state index is 9.98. The Morgan fingerprint density at radius 1 is 1.30 bits per heavy atom. The molecule has 20 heavy (non-hydrogen) atoms. The maximum Gasteiger partial charge on any atom is 0.206 e. The van der Waals surface area contributed by atoms with Gasteiger partial charge in [-0.1, -0.05) is 25.5 Å². The zero-order valence-electron chi connectivity index (χ0n) is 12.2. The van der Waals surface area contributed by atoms with Crippen LogP contribution in [0.5, 0.6) is 11.5 Å². The molecule has 0 amide bonds. The van der Waals surface area contributed by atoms with Gasteiger partial charge >= 0.3 is 0 Å². The van der Waals surface area contributed by atoms with Crippen LogP contribution in [-0.4, -0.2) is 25.8 Å². The van der Waals surface area contributed by atoms with Crippen molar-refractivity contribution in [1.29, 1.82) is 0 Å². The number of hydrogen-bond donors (Lipinski definition) is 1. The highest BCUT2D eigenvalue weighted by molar-refractivity contribution is 5.81. The van der Waals surface area contributed by atoms with Crippen LogP contribution >= 0.6 is 0 Å². The minimum atomic E-state index is 0.138. The molecule has 1 aromatic heterocycles. The molecule has 0 atom stereocenters. The van der Waals surface area contributed by atoms with Crippen LogP contribution in [0.15, 0.2) is 34.9 Å². The van der Waals surface area contributed by atoms with Gasteiger partial charge in [0.25, 0.3) is 0 Å². The van der Waals surface area contributed by atoms with Crippen LogP contribution in [0, 0.1) is 0 Å². The summed E-state index contributed by atoms with van der Waals surface area (Å²) in [5, 5.41) is 9.98. The van der Waals surface area contributed by atoms with E-state index in [2.05, 4.69) is 6.92 Å². The van der Waals surface area contributed by atoms with Gasteiger partial charge in [-0.2, -0.15) is 0 Å².